The molecule has 1 aromatic carbocycles. The maximum atomic E-state index is 14.0. The Kier molecular flexibility index (Phi) is 9.13. The van der Waals surface area contributed by atoms with Gasteiger partial charge in [-0.05, 0) is 36.1 Å². The molecule has 0 saturated carbocycles. The fourth-order valence-electron chi connectivity index (χ4n) is 4.09. The van der Waals surface area contributed by atoms with Crippen LogP contribution in [0.4, 0.5) is 14.5 Å². The molecule has 0 saturated heterocycles. The molecule has 0 bridgehead atoms. The van der Waals surface area contributed by atoms with Crippen molar-refractivity contribution in [3.63, 3.8) is 0 Å². The summed E-state index contributed by atoms with van der Waals surface area (Å²) >= 11 is 0. The number of aryl methyl sites for hydroxylation is 1. The van der Waals surface area contributed by atoms with E-state index in [9.17, 15) is 13.6 Å². The smallest absolute Gasteiger partial charge is 0.264 e. The van der Waals surface area contributed by atoms with Gasteiger partial charge in [-0.15, -0.1) is 0 Å². The summed E-state index contributed by atoms with van der Waals surface area (Å²) in [6.45, 7) is 6.76. The zero-order valence-electron chi connectivity index (χ0n) is 19.8. The summed E-state index contributed by atoms with van der Waals surface area (Å²) in [6, 6.07) is 3.16. The summed E-state index contributed by atoms with van der Waals surface area (Å²) in [6.07, 6.45) is 1.96. The van der Waals surface area contributed by atoms with Crippen LogP contribution in [-0.2, 0) is 11.2 Å². The Bertz CT molecular complexity index is 983. The van der Waals surface area contributed by atoms with Crippen LogP contribution in [0.3, 0.4) is 0 Å². The maximum Gasteiger partial charge on any atom is 0.264 e. The van der Waals surface area contributed by atoms with E-state index in [0.29, 0.717) is 54.0 Å². The van der Waals surface area contributed by atoms with Gasteiger partial charge in [0.15, 0.2) is 0 Å². The second kappa shape index (κ2) is 11.6. The number of benzene rings is 1. The number of hydrogen-bond donors (Lipinski definition) is 3. The van der Waals surface area contributed by atoms with Crippen molar-refractivity contribution >= 4 is 29.2 Å². The molecule has 0 radical (unpaired) electrons. The van der Waals surface area contributed by atoms with E-state index in [2.05, 4.69) is 4.99 Å². The Balaban J connectivity index is 0.00000187. The highest BCUT2D eigenvalue weighted by molar-refractivity contribution is 6.12. The first-order chi connectivity index (χ1) is 15.8. The van der Waals surface area contributed by atoms with Gasteiger partial charge in [-0.3, -0.25) is 15.2 Å². The minimum atomic E-state index is -2.72. The van der Waals surface area contributed by atoms with E-state index in [4.69, 9.17) is 16.9 Å². The van der Waals surface area contributed by atoms with Crippen LogP contribution in [0.15, 0.2) is 34.6 Å². The summed E-state index contributed by atoms with van der Waals surface area (Å²) in [5.74, 6) is 0.0715. The topological polar surface area (TPSA) is 112 Å². The molecule has 0 aliphatic carbocycles. The zero-order chi connectivity index (χ0) is 24.7. The Morgan fingerprint density at radius 3 is 2.52 bits per heavy atom. The summed E-state index contributed by atoms with van der Waals surface area (Å²) in [4.78, 5) is 19.1. The predicted molar refractivity (Wildman–Crippen MR) is 131 cm³/mol. The van der Waals surface area contributed by atoms with Gasteiger partial charge in [0.05, 0.1) is 6.54 Å². The largest absolute Gasteiger partial charge is 0.404 e. The number of nitrogens with zero attached hydrogens (tertiary/aromatic N) is 3. The van der Waals surface area contributed by atoms with Crippen molar-refractivity contribution in [2.75, 3.05) is 31.6 Å². The van der Waals surface area contributed by atoms with Crippen LogP contribution in [0.2, 0.25) is 0 Å². The number of allylic oxidation sites excluding steroid dienone is 1. The number of nitrogens with one attached hydrogen (secondary N) is 1. The first-order valence-electron chi connectivity index (χ1n) is 11.2. The van der Waals surface area contributed by atoms with Crippen molar-refractivity contribution in [1.82, 2.24) is 4.90 Å². The van der Waals surface area contributed by atoms with Gasteiger partial charge in [0.25, 0.3) is 6.43 Å². The van der Waals surface area contributed by atoms with E-state index in [1.165, 1.54) is 25.4 Å². The van der Waals surface area contributed by atoms with Crippen molar-refractivity contribution in [2.45, 2.75) is 46.5 Å². The van der Waals surface area contributed by atoms with Gasteiger partial charge < -0.3 is 21.3 Å². The molecule has 5 N–H and O–H groups in total. The van der Waals surface area contributed by atoms with E-state index in [0.717, 1.165) is 12.0 Å². The number of carbonyl (C=O) groups is 1. The molecule has 180 valence electrons. The predicted octanol–water partition coefficient (Wildman–Crippen LogP) is 3.85. The van der Waals surface area contributed by atoms with Crippen molar-refractivity contribution < 1.29 is 13.6 Å². The number of anilines is 1. The van der Waals surface area contributed by atoms with Gasteiger partial charge >= 0.3 is 0 Å². The lowest BCUT2D eigenvalue weighted by atomic mass is 9.91. The number of halogens is 2. The Hall–Kier alpha value is -3.23. The number of rotatable bonds is 4. The third-order valence-electron chi connectivity index (χ3n) is 5.75. The molecule has 7 nitrogen and oxygen atoms in total. The Labute approximate surface area is 194 Å². The van der Waals surface area contributed by atoms with Crippen LogP contribution in [0, 0.1) is 5.41 Å². The van der Waals surface area contributed by atoms with Crippen LogP contribution in [-0.4, -0.2) is 49.5 Å². The maximum absolute atomic E-state index is 14.0. The van der Waals surface area contributed by atoms with Crippen molar-refractivity contribution in [3.8, 4) is 0 Å². The molecule has 0 atom stereocenters. The van der Waals surface area contributed by atoms with E-state index >= 15 is 0 Å². The number of amidine groups is 1. The lowest BCUT2D eigenvalue weighted by molar-refractivity contribution is -0.128. The summed E-state index contributed by atoms with van der Waals surface area (Å²) in [7, 11) is 1.56. The van der Waals surface area contributed by atoms with E-state index in [1.54, 1.807) is 22.9 Å². The van der Waals surface area contributed by atoms with Gasteiger partial charge in [-0.1, -0.05) is 13.8 Å². The monoisotopic (exact) mass is 460 g/mol. The summed E-state index contributed by atoms with van der Waals surface area (Å²) < 4.78 is 27.9. The van der Waals surface area contributed by atoms with Gasteiger partial charge in [0, 0.05) is 74.0 Å². The van der Waals surface area contributed by atoms with E-state index in [1.807, 2.05) is 13.8 Å². The molecule has 0 aromatic heterocycles. The van der Waals surface area contributed by atoms with Gasteiger partial charge in [-0.25, -0.2) is 8.78 Å². The molecular formula is C24H34F2N6O. The number of fused-ring (bicyclic) bond motifs is 1. The minimum Gasteiger partial charge on any atom is -0.404 e. The molecule has 2 heterocycles. The zero-order valence-corrected chi connectivity index (χ0v) is 19.8. The standard InChI is InChI=1S/C22H28F2N6O.C2H6/c1-13(31)29-7-5-19(26)18(12-29)22(27)30-6-3-4-14-8-16(15(10-25)11-28-2)17(21(23)24)9-20(14)30;1-2/h8-11,21,27H,3-7,12,25-26H2,1-2H3;1-2H3/b15-10+,27-22?,28-11?;. The fraction of sp³-hybridized carbons (Fsp3) is 0.458. The van der Waals surface area contributed by atoms with Gasteiger partial charge in [0.1, 0.15) is 5.84 Å². The normalized spacial score (nSPS) is 16.6. The SMILES string of the molecule is CC.CN=C/C(=C\N)c1cc2c(cc1C(F)F)N(C(=N)C1=C(N)CCN(C(C)=O)C1)CCC2. The number of carbonyl (C=O) groups excluding carboxylic acids is 1. The minimum absolute atomic E-state index is 0.0832. The third-order valence-corrected chi connectivity index (χ3v) is 5.75. The van der Waals surface area contributed by atoms with E-state index < -0.39 is 6.43 Å². The number of nitrogens with two attached hydrogens (primary N) is 2. The molecule has 1 aromatic rings. The van der Waals surface area contributed by atoms with Crippen LogP contribution in [0.1, 0.15) is 56.7 Å². The van der Waals surface area contributed by atoms with E-state index in [-0.39, 0.29) is 23.9 Å². The Morgan fingerprint density at radius 2 is 1.94 bits per heavy atom. The highest BCUT2D eigenvalue weighted by Crippen LogP contribution is 2.37. The number of aliphatic imine (C=N–C) groups is 1. The van der Waals surface area contributed by atoms with Crippen molar-refractivity contribution in [1.29, 1.82) is 5.41 Å². The summed E-state index contributed by atoms with van der Waals surface area (Å²) in [5, 5.41) is 8.80. The van der Waals surface area contributed by atoms with Crippen molar-refractivity contribution in [3.05, 3.63) is 46.3 Å². The van der Waals surface area contributed by atoms with Crippen LogP contribution >= 0.6 is 0 Å². The lowest BCUT2D eigenvalue weighted by Gasteiger charge is -2.36. The molecule has 2 aliphatic heterocycles. The van der Waals surface area contributed by atoms with Crippen LogP contribution < -0.4 is 16.4 Å². The second-order valence-electron chi connectivity index (χ2n) is 7.68. The second-order valence-corrected chi connectivity index (χ2v) is 7.68. The molecule has 9 heteroatoms. The fourth-order valence-corrected chi connectivity index (χ4v) is 4.09. The first kappa shape index (κ1) is 26.0. The highest BCUT2D eigenvalue weighted by Gasteiger charge is 2.30. The Morgan fingerprint density at radius 1 is 1.24 bits per heavy atom. The lowest BCUT2D eigenvalue weighted by Crippen LogP contribution is -2.44. The third kappa shape index (κ3) is 5.58. The molecular weight excluding hydrogens is 426 g/mol. The summed E-state index contributed by atoms with van der Waals surface area (Å²) in [5.41, 5.74) is 15.0. The molecule has 0 unspecified atom stereocenters. The average Bonchev–Trinajstić information content (AvgIpc) is 2.82. The number of alkyl halides is 2. The van der Waals surface area contributed by atoms with Crippen LogP contribution in [0.25, 0.3) is 5.57 Å². The number of hydrogen-bond acceptors (Lipinski definition) is 5. The van der Waals surface area contributed by atoms with Crippen molar-refractivity contribution in [2.24, 2.45) is 16.5 Å². The average molecular weight is 461 g/mol. The molecule has 0 fully saturated rings. The molecule has 3 rings (SSSR count). The van der Waals surface area contributed by atoms with Crippen LogP contribution in [0.5, 0.6) is 0 Å². The highest BCUT2D eigenvalue weighted by atomic mass is 19.3. The molecule has 2 aliphatic rings. The molecule has 0 spiro atoms. The van der Waals surface area contributed by atoms with Gasteiger partial charge in [-0.2, -0.15) is 0 Å². The van der Waals surface area contributed by atoms with Gasteiger partial charge in [0.2, 0.25) is 5.91 Å². The molecule has 33 heavy (non-hydrogen) atoms. The first-order valence-corrected chi connectivity index (χ1v) is 11.2. The quantitative estimate of drug-likeness (QED) is 0.468. The number of amides is 1. The molecule has 1 amide bonds.